The van der Waals surface area contributed by atoms with Crippen molar-refractivity contribution in [2.45, 2.75) is 33.2 Å². The van der Waals surface area contributed by atoms with Gasteiger partial charge in [-0.3, -0.25) is 9.59 Å². The third-order valence-electron chi connectivity index (χ3n) is 5.14. The second-order valence-corrected chi connectivity index (χ2v) is 8.99. The number of hydrogen-bond donors (Lipinski definition) is 1. The highest BCUT2D eigenvalue weighted by molar-refractivity contribution is 9.10. The lowest BCUT2D eigenvalue weighted by molar-refractivity contribution is 0.102. The Labute approximate surface area is 173 Å². The van der Waals surface area contributed by atoms with Gasteiger partial charge in [0.05, 0.1) is 5.52 Å². The molecule has 1 amide bonds. The SMILES string of the molecule is Cc1cc(Br)cc(C)c1NC(=O)c1cn2c3c(cc(Br)cc3c1=O)C[C@H]2C. The van der Waals surface area contributed by atoms with E-state index >= 15 is 0 Å². The van der Waals surface area contributed by atoms with E-state index in [1.165, 1.54) is 0 Å². The number of halogens is 2. The average Bonchev–Trinajstić information content (AvgIpc) is 2.89. The maximum absolute atomic E-state index is 13.1. The van der Waals surface area contributed by atoms with E-state index in [0.717, 1.165) is 43.3 Å². The molecule has 0 radical (unpaired) electrons. The first-order chi connectivity index (χ1) is 12.8. The fraction of sp³-hybridized carbons (Fsp3) is 0.238. The molecule has 4 nitrogen and oxygen atoms in total. The van der Waals surface area contributed by atoms with Gasteiger partial charge in [-0.15, -0.1) is 0 Å². The normalized spacial score (nSPS) is 15.4. The van der Waals surface area contributed by atoms with Crippen LogP contribution in [-0.2, 0) is 6.42 Å². The summed E-state index contributed by atoms with van der Waals surface area (Å²) in [5.74, 6) is -0.375. The summed E-state index contributed by atoms with van der Waals surface area (Å²) in [6, 6.07) is 7.96. The van der Waals surface area contributed by atoms with Gasteiger partial charge in [0.25, 0.3) is 5.91 Å². The number of carbonyl (C=O) groups excluding carboxylic acids is 1. The van der Waals surface area contributed by atoms with Crippen LogP contribution in [0.15, 0.2) is 44.2 Å². The first-order valence-corrected chi connectivity index (χ1v) is 10.3. The minimum atomic E-state index is -0.375. The molecule has 1 aliphatic rings. The zero-order valence-electron chi connectivity index (χ0n) is 15.2. The third kappa shape index (κ3) is 3.05. The molecule has 0 saturated heterocycles. The van der Waals surface area contributed by atoms with Gasteiger partial charge in [0.1, 0.15) is 5.56 Å². The van der Waals surface area contributed by atoms with Crippen LogP contribution in [0, 0.1) is 13.8 Å². The average molecular weight is 490 g/mol. The molecule has 0 aliphatic carbocycles. The minimum Gasteiger partial charge on any atom is -0.343 e. The molecule has 6 heteroatoms. The number of pyridine rings is 1. The van der Waals surface area contributed by atoms with Gasteiger partial charge in [-0.05, 0) is 68.1 Å². The Morgan fingerprint density at radius 2 is 1.74 bits per heavy atom. The number of carbonyl (C=O) groups is 1. The molecule has 0 unspecified atom stereocenters. The van der Waals surface area contributed by atoms with Gasteiger partial charge in [0.15, 0.2) is 0 Å². The van der Waals surface area contributed by atoms with Crippen LogP contribution in [0.2, 0.25) is 0 Å². The molecular weight excluding hydrogens is 472 g/mol. The number of hydrogen-bond acceptors (Lipinski definition) is 2. The van der Waals surface area contributed by atoms with Crippen molar-refractivity contribution in [3.63, 3.8) is 0 Å². The molecule has 1 atom stereocenters. The summed E-state index contributed by atoms with van der Waals surface area (Å²) in [6.45, 7) is 5.97. The van der Waals surface area contributed by atoms with E-state index < -0.39 is 0 Å². The molecular formula is C21H18Br2N2O2. The fourth-order valence-electron chi connectivity index (χ4n) is 3.91. The highest BCUT2D eigenvalue weighted by atomic mass is 79.9. The van der Waals surface area contributed by atoms with Gasteiger partial charge >= 0.3 is 0 Å². The summed E-state index contributed by atoms with van der Waals surface area (Å²) < 4.78 is 3.87. The summed E-state index contributed by atoms with van der Waals surface area (Å²) in [6.07, 6.45) is 2.56. The molecule has 0 bridgehead atoms. The highest BCUT2D eigenvalue weighted by Crippen LogP contribution is 2.34. The van der Waals surface area contributed by atoms with Crippen LogP contribution in [0.5, 0.6) is 0 Å². The molecule has 0 fully saturated rings. The summed E-state index contributed by atoms with van der Waals surface area (Å²) in [4.78, 5) is 26.1. The number of amides is 1. The number of aromatic nitrogens is 1. The number of anilines is 1. The van der Waals surface area contributed by atoms with Gasteiger partial charge in [-0.1, -0.05) is 31.9 Å². The van der Waals surface area contributed by atoms with Crippen molar-refractivity contribution in [1.29, 1.82) is 0 Å². The fourth-order valence-corrected chi connectivity index (χ4v) is 5.10. The first kappa shape index (κ1) is 18.4. The van der Waals surface area contributed by atoms with E-state index in [1.54, 1.807) is 6.20 Å². The predicted octanol–water partition coefficient (Wildman–Crippen LogP) is 5.51. The Morgan fingerprint density at radius 1 is 1.11 bits per heavy atom. The Balaban J connectivity index is 1.85. The van der Waals surface area contributed by atoms with Crippen molar-refractivity contribution in [3.8, 4) is 0 Å². The highest BCUT2D eigenvalue weighted by Gasteiger charge is 2.25. The quantitative estimate of drug-likeness (QED) is 0.515. The van der Waals surface area contributed by atoms with Crippen molar-refractivity contribution < 1.29 is 4.79 Å². The van der Waals surface area contributed by atoms with Crippen LogP contribution in [0.25, 0.3) is 10.9 Å². The molecule has 3 aromatic rings. The van der Waals surface area contributed by atoms with Crippen LogP contribution in [-0.4, -0.2) is 10.5 Å². The Kier molecular flexibility index (Phi) is 4.51. The number of nitrogens with zero attached hydrogens (tertiary/aromatic N) is 1. The lowest BCUT2D eigenvalue weighted by Gasteiger charge is -2.15. The Morgan fingerprint density at radius 3 is 2.41 bits per heavy atom. The van der Waals surface area contributed by atoms with Crippen molar-refractivity contribution in [1.82, 2.24) is 4.57 Å². The number of rotatable bonds is 2. The van der Waals surface area contributed by atoms with Gasteiger partial charge in [-0.25, -0.2) is 0 Å². The molecule has 2 aromatic carbocycles. The number of nitrogens with one attached hydrogen (secondary N) is 1. The topological polar surface area (TPSA) is 51.1 Å². The second-order valence-electron chi connectivity index (χ2n) is 7.16. The van der Waals surface area contributed by atoms with Gasteiger partial charge in [0, 0.05) is 32.3 Å². The van der Waals surface area contributed by atoms with Crippen molar-refractivity contribution >= 4 is 54.4 Å². The molecule has 0 saturated carbocycles. The maximum Gasteiger partial charge on any atom is 0.261 e. The van der Waals surface area contributed by atoms with Crippen molar-refractivity contribution in [2.24, 2.45) is 0 Å². The van der Waals surface area contributed by atoms with Crippen LogP contribution in [0.4, 0.5) is 5.69 Å². The van der Waals surface area contributed by atoms with E-state index in [1.807, 2.05) is 32.0 Å². The van der Waals surface area contributed by atoms with Crippen molar-refractivity contribution in [3.05, 3.63) is 71.9 Å². The standard InChI is InChI=1S/C21H18Br2N2O2/c1-10-4-14(22)5-11(2)18(10)24-21(27)17-9-25-12(3)6-13-7-15(23)8-16(19(13)25)20(17)26/h4-5,7-9,12H,6H2,1-3H3,(H,24,27)/t12-/m1/s1. The minimum absolute atomic E-state index is 0.169. The smallest absolute Gasteiger partial charge is 0.261 e. The van der Waals surface area contributed by atoms with Crippen LogP contribution < -0.4 is 10.7 Å². The molecule has 4 rings (SSSR count). The maximum atomic E-state index is 13.1. The lowest BCUT2D eigenvalue weighted by Crippen LogP contribution is -2.24. The van der Waals surface area contributed by atoms with Gasteiger partial charge in [0.2, 0.25) is 5.43 Å². The third-order valence-corrected chi connectivity index (χ3v) is 6.06. The van der Waals surface area contributed by atoms with E-state index in [4.69, 9.17) is 0 Å². The number of benzene rings is 2. The molecule has 2 heterocycles. The first-order valence-electron chi connectivity index (χ1n) is 8.71. The zero-order chi connectivity index (χ0) is 19.5. The van der Waals surface area contributed by atoms with E-state index in [9.17, 15) is 9.59 Å². The molecule has 1 aromatic heterocycles. The molecule has 138 valence electrons. The molecule has 1 aliphatic heterocycles. The lowest BCUT2D eigenvalue weighted by atomic mass is 10.1. The summed E-state index contributed by atoms with van der Waals surface area (Å²) in [7, 11) is 0. The van der Waals surface area contributed by atoms with Crippen molar-refractivity contribution in [2.75, 3.05) is 5.32 Å². The largest absolute Gasteiger partial charge is 0.343 e. The van der Waals surface area contributed by atoms with E-state index in [0.29, 0.717) is 5.39 Å². The summed E-state index contributed by atoms with van der Waals surface area (Å²) >= 11 is 6.95. The number of aryl methyl sites for hydroxylation is 2. The van der Waals surface area contributed by atoms with E-state index in [-0.39, 0.29) is 22.9 Å². The molecule has 27 heavy (non-hydrogen) atoms. The Bertz CT molecular complexity index is 1160. The monoisotopic (exact) mass is 488 g/mol. The van der Waals surface area contributed by atoms with Gasteiger partial charge in [-0.2, -0.15) is 0 Å². The van der Waals surface area contributed by atoms with Gasteiger partial charge < -0.3 is 9.88 Å². The molecule has 1 N–H and O–H groups in total. The van der Waals surface area contributed by atoms with Crippen LogP contribution >= 0.6 is 31.9 Å². The predicted molar refractivity (Wildman–Crippen MR) is 116 cm³/mol. The summed E-state index contributed by atoms with van der Waals surface area (Å²) in [5.41, 5.74) is 4.63. The second kappa shape index (κ2) is 6.60. The van der Waals surface area contributed by atoms with Crippen LogP contribution in [0.3, 0.4) is 0 Å². The molecule has 0 spiro atoms. The van der Waals surface area contributed by atoms with Crippen LogP contribution in [0.1, 0.15) is 40.0 Å². The Hall–Kier alpha value is -1.92. The van der Waals surface area contributed by atoms with E-state index in [2.05, 4.69) is 54.7 Å². The summed E-state index contributed by atoms with van der Waals surface area (Å²) in [5, 5.41) is 3.52. The zero-order valence-corrected chi connectivity index (χ0v) is 18.4.